The molecule has 0 amide bonds. The van der Waals surface area contributed by atoms with Crippen LogP contribution in [0.2, 0.25) is 0 Å². The Kier molecular flexibility index (Phi) is 3.57. The van der Waals surface area contributed by atoms with Crippen molar-refractivity contribution < 1.29 is 4.74 Å². The highest BCUT2D eigenvalue weighted by atomic mass is 16.5. The predicted molar refractivity (Wildman–Crippen MR) is 72.3 cm³/mol. The number of nitrogens with one attached hydrogen (secondary N) is 1. The van der Waals surface area contributed by atoms with Gasteiger partial charge in [-0.05, 0) is 31.0 Å². The summed E-state index contributed by atoms with van der Waals surface area (Å²) in [6.07, 6.45) is 4.58. The van der Waals surface area contributed by atoms with Gasteiger partial charge in [-0.3, -0.25) is 0 Å². The third-order valence-corrected chi connectivity index (χ3v) is 3.47. The summed E-state index contributed by atoms with van der Waals surface area (Å²) < 4.78 is 5.67. The van der Waals surface area contributed by atoms with Gasteiger partial charge in [0.25, 0.3) is 0 Å². The van der Waals surface area contributed by atoms with E-state index in [4.69, 9.17) is 4.74 Å². The summed E-state index contributed by atoms with van der Waals surface area (Å²) in [6, 6.07) is 8.69. The highest BCUT2D eigenvalue weighted by molar-refractivity contribution is 5.34. The van der Waals surface area contributed by atoms with Gasteiger partial charge in [0.05, 0.1) is 30.8 Å². The van der Waals surface area contributed by atoms with Crippen LogP contribution in [0.25, 0.3) is 5.69 Å². The van der Waals surface area contributed by atoms with E-state index >= 15 is 0 Å². The minimum absolute atomic E-state index is 0.250. The summed E-state index contributed by atoms with van der Waals surface area (Å²) in [5.74, 6) is 0. The van der Waals surface area contributed by atoms with Crippen molar-refractivity contribution in [2.45, 2.75) is 25.5 Å². The summed E-state index contributed by atoms with van der Waals surface area (Å²) in [5.41, 5.74) is 2.26. The quantitative estimate of drug-likeness (QED) is 0.898. The lowest BCUT2D eigenvalue weighted by molar-refractivity contribution is 0.00841. The Labute approximate surface area is 112 Å². The molecule has 19 heavy (non-hydrogen) atoms. The number of hydrogen-bond donors (Lipinski definition) is 1. The van der Waals surface area contributed by atoms with E-state index in [0.29, 0.717) is 6.04 Å². The van der Waals surface area contributed by atoms with Crippen molar-refractivity contribution in [2.24, 2.45) is 0 Å². The van der Waals surface area contributed by atoms with Crippen LogP contribution in [-0.4, -0.2) is 40.3 Å². The van der Waals surface area contributed by atoms with E-state index in [2.05, 4.69) is 34.6 Å². The molecule has 1 aliphatic heterocycles. The number of aromatic nitrogens is 3. The molecule has 100 valence electrons. The van der Waals surface area contributed by atoms with Crippen LogP contribution in [-0.2, 0) is 11.2 Å². The molecule has 0 spiro atoms. The molecule has 5 nitrogen and oxygen atoms in total. The number of benzene rings is 1. The molecule has 1 aromatic carbocycles. The molecule has 2 atom stereocenters. The summed E-state index contributed by atoms with van der Waals surface area (Å²) in [6.45, 7) is 3.85. The lowest BCUT2D eigenvalue weighted by atomic mass is 10.0. The van der Waals surface area contributed by atoms with Crippen LogP contribution in [0.15, 0.2) is 36.7 Å². The molecule has 3 rings (SSSR count). The van der Waals surface area contributed by atoms with Gasteiger partial charge in [-0.25, -0.2) is 0 Å². The van der Waals surface area contributed by atoms with Crippen LogP contribution in [0.4, 0.5) is 0 Å². The van der Waals surface area contributed by atoms with E-state index in [-0.39, 0.29) is 6.10 Å². The SMILES string of the molecule is C[C@@H]1OCCN[C@@H]1Cc1cccc(-n2nccn2)c1. The Hall–Kier alpha value is -1.72. The first kappa shape index (κ1) is 12.3. The second-order valence-corrected chi connectivity index (χ2v) is 4.83. The number of morpholine rings is 1. The van der Waals surface area contributed by atoms with Crippen LogP contribution in [0, 0.1) is 0 Å². The Morgan fingerprint density at radius 3 is 3.00 bits per heavy atom. The van der Waals surface area contributed by atoms with Gasteiger partial charge in [0.1, 0.15) is 0 Å². The lowest BCUT2D eigenvalue weighted by Gasteiger charge is -2.30. The zero-order valence-corrected chi connectivity index (χ0v) is 11.0. The van der Waals surface area contributed by atoms with Crippen molar-refractivity contribution in [1.82, 2.24) is 20.3 Å². The molecule has 0 bridgehead atoms. The third kappa shape index (κ3) is 2.83. The molecule has 0 aliphatic carbocycles. The van der Waals surface area contributed by atoms with Gasteiger partial charge in [0, 0.05) is 12.6 Å². The second kappa shape index (κ2) is 5.50. The number of rotatable bonds is 3. The molecular formula is C14H18N4O. The number of hydrogen-bond acceptors (Lipinski definition) is 4. The summed E-state index contributed by atoms with van der Waals surface area (Å²) in [5, 5.41) is 11.8. The molecular weight excluding hydrogens is 240 g/mol. The fourth-order valence-corrected chi connectivity index (χ4v) is 2.42. The smallest absolute Gasteiger partial charge is 0.0859 e. The zero-order valence-electron chi connectivity index (χ0n) is 11.0. The van der Waals surface area contributed by atoms with Crippen molar-refractivity contribution >= 4 is 0 Å². The molecule has 2 heterocycles. The predicted octanol–water partition coefficient (Wildman–Crippen LogP) is 1.19. The van der Waals surface area contributed by atoms with Crippen molar-refractivity contribution in [3.63, 3.8) is 0 Å². The molecule has 1 fully saturated rings. The fourth-order valence-electron chi connectivity index (χ4n) is 2.42. The Balaban J connectivity index is 1.76. The molecule has 2 aromatic rings. The van der Waals surface area contributed by atoms with E-state index in [0.717, 1.165) is 25.3 Å². The highest BCUT2D eigenvalue weighted by Gasteiger charge is 2.21. The molecule has 1 N–H and O–H groups in total. The topological polar surface area (TPSA) is 52.0 Å². The van der Waals surface area contributed by atoms with E-state index in [1.54, 1.807) is 17.2 Å². The van der Waals surface area contributed by atoms with E-state index in [1.165, 1.54) is 5.56 Å². The van der Waals surface area contributed by atoms with Crippen molar-refractivity contribution in [2.75, 3.05) is 13.2 Å². The largest absolute Gasteiger partial charge is 0.376 e. The van der Waals surface area contributed by atoms with Crippen LogP contribution in [0.5, 0.6) is 0 Å². The van der Waals surface area contributed by atoms with Crippen LogP contribution in [0.3, 0.4) is 0 Å². The average molecular weight is 258 g/mol. The molecule has 0 radical (unpaired) electrons. The molecule has 0 unspecified atom stereocenters. The Morgan fingerprint density at radius 1 is 1.37 bits per heavy atom. The minimum Gasteiger partial charge on any atom is -0.376 e. The van der Waals surface area contributed by atoms with Crippen LogP contribution in [0.1, 0.15) is 12.5 Å². The maximum absolute atomic E-state index is 5.67. The third-order valence-electron chi connectivity index (χ3n) is 3.47. The summed E-state index contributed by atoms with van der Waals surface area (Å²) in [4.78, 5) is 1.64. The zero-order chi connectivity index (χ0) is 13.1. The van der Waals surface area contributed by atoms with Crippen molar-refractivity contribution in [3.8, 4) is 5.69 Å². The van der Waals surface area contributed by atoms with Gasteiger partial charge >= 0.3 is 0 Å². The molecule has 0 saturated carbocycles. The van der Waals surface area contributed by atoms with Gasteiger partial charge in [-0.1, -0.05) is 12.1 Å². The Morgan fingerprint density at radius 2 is 2.21 bits per heavy atom. The van der Waals surface area contributed by atoms with E-state index in [9.17, 15) is 0 Å². The van der Waals surface area contributed by atoms with Crippen molar-refractivity contribution in [3.05, 3.63) is 42.2 Å². The monoisotopic (exact) mass is 258 g/mol. The molecule has 1 aliphatic rings. The van der Waals surface area contributed by atoms with Gasteiger partial charge in [0.2, 0.25) is 0 Å². The molecule has 1 aromatic heterocycles. The van der Waals surface area contributed by atoms with Crippen LogP contribution >= 0.6 is 0 Å². The summed E-state index contributed by atoms with van der Waals surface area (Å²) in [7, 11) is 0. The normalized spacial score (nSPS) is 23.4. The highest BCUT2D eigenvalue weighted by Crippen LogP contribution is 2.14. The molecule has 5 heteroatoms. The Bertz CT molecular complexity index is 526. The van der Waals surface area contributed by atoms with Gasteiger partial charge < -0.3 is 10.1 Å². The van der Waals surface area contributed by atoms with Crippen LogP contribution < -0.4 is 5.32 Å². The van der Waals surface area contributed by atoms with E-state index in [1.807, 2.05) is 12.1 Å². The van der Waals surface area contributed by atoms with Crippen molar-refractivity contribution in [1.29, 1.82) is 0 Å². The van der Waals surface area contributed by atoms with Gasteiger partial charge in [0.15, 0.2) is 0 Å². The first-order chi connectivity index (χ1) is 9.33. The number of nitrogens with zero attached hydrogens (tertiary/aromatic N) is 3. The number of ether oxygens (including phenoxy) is 1. The fraction of sp³-hybridized carbons (Fsp3) is 0.429. The average Bonchev–Trinajstić information content (AvgIpc) is 2.96. The second-order valence-electron chi connectivity index (χ2n) is 4.83. The first-order valence-electron chi connectivity index (χ1n) is 6.63. The standard InChI is InChI=1S/C14H18N4O/c1-11-14(15-7-8-19-11)10-12-3-2-4-13(9-12)18-16-5-6-17-18/h2-6,9,11,14-15H,7-8,10H2,1H3/t11-,14+/m0/s1. The maximum Gasteiger partial charge on any atom is 0.0859 e. The maximum atomic E-state index is 5.67. The van der Waals surface area contributed by atoms with E-state index < -0.39 is 0 Å². The lowest BCUT2D eigenvalue weighted by Crippen LogP contribution is -2.48. The van der Waals surface area contributed by atoms with Gasteiger partial charge in [-0.15, -0.1) is 0 Å². The first-order valence-corrected chi connectivity index (χ1v) is 6.63. The minimum atomic E-state index is 0.250. The van der Waals surface area contributed by atoms with Gasteiger partial charge in [-0.2, -0.15) is 15.0 Å². The summed E-state index contributed by atoms with van der Waals surface area (Å²) >= 11 is 0. The molecule has 1 saturated heterocycles.